The summed E-state index contributed by atoms with van der Waals surface area (Å²) in [5, 5.41) is 12.6. The second-order valence-corrected chi connectivity index (χ2v) is 8.98. The van der Waals surface area contributed by atoms with Crippen molar-refractivity contribution in [3.05, 3.63) is 64.8 Å². The van der Waals surface area contributed by atoms with Crippen LogP contribution >= 0.6 is 11.3 Å². The van der Waals surface area contributed by atoms with Crippen LogP contribution in [0.4, 0.5) is 13.2 Å². The van der Waals surface area contributed by atoms with E-state index in [9.17, 15) is 21.6 Å². The van der Waals surface area contributed by atoms with E-state index in [1.165, 1.54) is 31.4 Å². The molecule has 7 nitrogen and oxygen atoms in total. The van der Waals surface area contributed by atoms with E-state index in [0.717, 1.165) is 17.4 Å². The molecule has 1 aromatic heterocycles. The number of aromatic nitrogens is 1. The number of ether oxygens (including phenoxy) is 1. The average molecular weight is 454 g/mol. The van der Waals surface area contributed by atoms with Crippen LogP contribution in [0.5, 0.6) is 5.75 Å². The summed E-state index contributed by atoms with van der Waals surface area (Å²) in [6.07, 6.45) is -3.83. The number of methoxy groups -OCH3 is 1. The standard InChI is InChI=1S/C18H13F3N4O3S2/c1-28-12-3-2-4-13-15(12)23-16(29-13)17(9-14(24-25-17)18(19,20)21)10-5-7-11(8-6-10)30(22,26)27/h2-9H,1H3,(H2,22,26,27). The Morgan fingerprint density at radius 3 is 2.40 bits per heavy atom. The molecule has 1 aliphatic rings. The van der Waals surface area contributed by atoms with Gasteiger partial charge in [0.25, 0.3) is 0 Å². The third-order valence-corrected chi connectivity index (χ3v) is 6.58. The van der Waals surface area contributed by atoms with E-state index in [0.29, 0.717) is 16.0 Å². The van der Waals surface area contributed by atoms with Crippen LogP contribution in [-0.2, 0) is 15.6 Å². The zero-order valence-electron chi connectivity index (χ0n) is 15.2. The van der Waals surface area contributed by atoms with Gasteiger partial charge >= 0.3 is 6.18 Å². The van der Waals surface area contributed by atoms with Crippen molar-refractivity contribution < 1.29 is 26.3 Å². The van der Waals surface area contributed by atoms with Gasteiger partial charge in [0.2, 0.25) is 10.0 Å². The molecule has 1 aliphatic heterocycles. The summed E-state index contributed by atoms with van der Waals surface area (Å²) in [4.78, 5) is 4.31. The van der Waals surface area contributed by atoms with Gasteiger partial charge in [-0.05, 0) is 35.9 Å². The fourth-order valence-corrected chi connectivity index (χ4v) is 4.67. The van der Waals surface area contributed by atoms with Gasteiger partial charge < -0.3 is 4.74 Å². The fourth-order valence-electron chi connectivity index (χ4n) is 3.05. The van der Waals surface area contributed by atoms with Crippen molar-refractivity contribution in [2.45, 2.75) is 16.6 Å². The van der Waals surface area contributed by atoms with Gasteiger partial charge in [-0.1, -0.05) is 18.2 Å². The Morgan fingerprint density at radius 1 is 1.13 bits per heavy atom. The Kier molecular flexibility index (Phi) is 4.67. The van der Waals surface area contributed by atoms with Crippen molar-refractivity contribution in [1.82, 2.24) is 4.98 Å². The maximum atomic E-state index is 13.3. The van der Waals surface area contributed by atoms with Gasteiger partial charge in [0, 0.05) is 0 Å². The summed E-state index contributed by atoms with van der Waals surface area (Å²) in [6.45, 7) is 0. The van der Waals surface area contributed by atoms with E-state index in [1.54, 1.807) is 18.2 Å². The molecule has 0 spiro atoms. The number of rotatable bonds is 4. The topological polar surface area (TPSA) is 107 Å². The quantitative estimate of drug-likeness (QED) is 0.640. The van der Waals surface area contributed by atoms with E-state index in [4.69, 9.17) is 9.88 Å². The number of allylic oxidation sites excluding steroid dienone is 1. The number of alkyl halides is 3. The molecule has 0 saturated heterocycles. The molecule has 12 heteroatoms. The third kappa shape index (κ3) is 3.36. The molecule has 1 unspecified atom stereocenters. The van der Waals surface area contributed by atoms with E-state index in [1.807, 2.05) is 0 Å². The number of hydrogen-bond acceptors (Lipinski definition) is 7. The predicted molar refractivity (Wildman–Crippen MR) is 104 cm³/mol. The maximum absolute atomic E-state index is 13.3. The van der Waals surface area contributed by atoms with Crippen LogP contribution in [0.25, 0.3) is 10.2 Å². The minimum atomic E-state index is -4.71. The highest BCUT2D eigenvalue weighted by Gasteiger charge is 2.46. The molecule has 0 amide bonds. The van der Waals surface area contributed by atoms with Gasteiger partial charge in [0.05, 0.1) is 16.7 Å². The molecular formula is C18H13F3N4O3S2. The highest BCUT2D eigenvalue weighted by atomic mass is 32.2. The molecule has 2 N–H and O–H groups in total. The van der Waals surface area contributed by atoms with Crippen LogP contribution in [0.15, 0.2) is 69.4 Å². The van der Waals surface area contributed by atoms with Crippen molar-refractivity contribution in [3.8, 4) is 5.75 Å². The zero-order valence-corrected chi connectivity index (χ0v) is 16.8. The van der Waals surface area contributed by atoms with Crippen LogP contribution in [-0.4, -0.2) is 26.7 Å². The van der Waals surface area contributed by atoms with Crippen LogP contribution in [0.3, 0.4) is 0 Å². The number of azo groups is 1. The first-order valence-corrected chi connectivity index (χ1v) is 10.7. The first kappa shape index (κ1) is 20.4. The number of thiazole rings is 1. The van der Waals surface area contributed by atoms with E-state index in [2.05, 4.69) is 15.2 Å². The summed E-state index contributed by atoms with van der Waals surface area (Å²) in [7, 11) is -2.51. The number of hydrogen-bond donors (Lipinski definition) is 1. The van der Waals surface area contributed by atoms with Crippen molar-refractivity contribution in [2.24, 2.45) is 15.4 Å². The Balaban J connectivity index is 1.95. The van der Waals surface area contributed by atoms with Gasteiger partial charge in [-0.15, -0.1) is 16.5 Å². The maximum Gasteiger partial charge on any atom is 0.434 e. The molecule has 0 bridgehead atoms. The summed E-state index contributed by atoms with van der Waals surface area (Å²) >= 11 is 1.14. The lowest BCUT2D eigenvalue weighted by atomic mass is 9.91. The van der Waals surface area contributed by atoms with Crippen LogP contribution in [0.1, 0.15) is 10.6 Å². The monoisotopic (exact) mass is 454 g/mol. The molecule has 0 fully saturated rings. The van der Waals surface area contributed by atoms with E-state index >= 15 is 0 Å². The minimum absolute atomic E-state index is 0.178. The van der Waals surface area contributed by atoms with Crippen molar-refractivity contribution in [1.29, 1.82) is 0 Å². The first-order chi connectivity index (χ1) is 14.0. The third-order valence-electron chi connectivity index (χ3n) is 4.50. The number of nitrogens with zero attached hydrogens (tertiary/aromatic N) is 3. The largest absolute Gasteiger partial charge is 0.494 e. The Labute approximate surface area is 172 Å². The SMILES string of the molecule is COc1cccc2sc(C3(c4ccc(S(N)(=O)=O)cc4)C=C(C(F)(F)F)N=N3)nc12. The van der Waals surface area contributed by atoms with Crippen LogP contribution in [0, 0.1) is 0 Å². The Hall–Kier alpha value is -2.83. The van der Waals surface area contributed by atoms with Crippen molar-refractivity contribution in [2.75, 3.05) is 7.11 Å². The normalized spacial score (nSPS) is 19.3. The highest BCUT2D eigenvalue weighted by molar-refractivity contribution is 7.89. The number of sulfonamides is 1. The molecule has 1 atom stereocenters. The molecule has 156 valence electrons. The number of nitrogens with two attached hydrogens (primary N) is 1. The molecule has 2 heterocycles. The number of primary sulfonamides is 1. The predicted octanol–water partition coefficient (Wildman–Crippen LogP) is 4.11. The highest BCUT2D eigenvalue weighted by Crippen LogP contribution is 2.47. The lowest BCUT2D eigenvalue weighted by molar-refractivity contribution is -0.0925. The Bertz CT molecular complexity index is 1300. The number of halogens is 3. The Morgan fingerprint density at radius 2 is 1.83 bits per heavy atom. The number of fused-ring (bicyclic) bond motifs is 1. The van der Waals surface area contributed by atoms with Crippen LogP contribution in [0.2, 0.25) is 0 Å². The summed E-state index contributed by atoms with van der Waals surface area (Å²) in [5.41, 5.74) is -2.10. The van der Waals surface area contributed by atoms with Gasteiger partial charge in [0.15, 0.2) is 11.2 Å². The lowest BCUT2D eigenvalue weighted by Gasteiger charge is -2.20. The summed E-state index contributed by atoms with van der Waals surface area (Å²) in [5.74, 6) is 0.463. The molecule has 0 aliphatic carbocycles. The molecule has 30 heavy (non-hydrogen) atoms. The van der Waals surface area contributed by atoms with Crippen molar-refractivity contribution in [3.63, 3.8) is 0 Å². The summed E-state index contributed by atoms with van der Waals surface area (Å²) < 4.78 is 69.0. The van der Waals surface area contributed by atoms with Gasteiger partial charge in [-0.2, -0.15) is 18.3 Å². The smallest absolute Gasteiger partial charge is 0.434 e. The average Bonchev–Trinajstić information content (AvgIpc) is 3.32. The van der Waals surface area contributed by atoms with E-state index < -0.39 is 27.4 Å². The molecular weight excluding hydrogens is 441 g/mol. The molecule has 4 rings (SSSR count). The molecule has 3 aromatic rings. The minimum Gasteiger partial charge on any atom is -0.494 e. The van der Waals surface area contributed by atoms with E-state index in [-0.39, 0.29) is 15.5 Å². The summed E-state index contributed by atoms with van der Waals surface area (Å²) in [6, 6.07) is 10.3. The van der Waals surface area contributed by atoms with Gasteiger partial charge in [-0.25, -0.2) is 18.5 Å². The number of para-hydroxylation sites is 1. The van der Waals surface area contributed by atoms with Gasteiger partial charge in [0.1, 0.15) is 16.3 Å². The second-order valence-electron chi connectivity index (χ2n) is 6.39. The molecule has 0 saturated carbocycles. The zero-order chi connectivity index (χ0) is 21.7. The molecule has 2 aromatic carbocycles. The van der Waals surface area contributed by atoms with Crippen molar-refractivity contribution >= 4 is 31.6 Å². The lowest BCUT2D eigenvalue weighted by Crippen LogP contribution is -2.22. The first-order valence-electron chi connectivity index (χ1n) is 8.35. The number of benzene rings is 2. The second kappa shape index (κ2) is 6.86. The van der Waals surface area contributed by atoms with Gasteiger partial charge in [-0.3, -0.25) is 0 Å². The fraction of sp³-hybridized carbons (Fsp3) is 0.167. The molecule has 0 radical (unpaired) electrons. The van der Waals surface area contributed by atoms with Crippen LogP contribution < -0.4 is 9.88 Å².